The van der Waals surface area contributed by atoms with Crippen LogP contribution < -0.4 is 0 Å². The lowest BCUT2D eigenvalue weighted by molar-refractivity contribution is 0.829. The number of aromatic nitrogens is 2. The van der Waals surface area contributed by atoms with Gasteiger partial charge in [0.05, 0.1) is 11.0 Å². The summed E-state index contributed by atoms with van der Waals surface area (Å²) < 4.78 is 5.04. The van der Waals surface area contributed by atoms with Crippen molar-refractivity contribution < 1.29 is 0 Å². The first kappa shape index (κ1) is 36.7. The maximum atomic E-state index is 2.53. The lowest BCUT2D eigenvalue weighted by Gasteiger charge is -2.19. The zero-order valence-electron chi connectivity index (χ0n) is 35.9. The molecular weight excluding hydrogens is 773 g/mol. The van der Waals surface area contributed by atoms with E-state index in [2.05, 4.69) is 229 Å². The van der Waals surface area contributed by atoms with Crippen LogP contribution in [0, 0.1) is 0 Å². The molecule has 0 aliphatic carbocycles. The molecule has 13 rings (SSSR count). The SMILES string of the molecule is CCn1c2ccccc2c2c(-c3cccc4c(-c5ccc(-c6ccccc6)cc5)c5cccc(-c6cc7ccccc7c7c6c6ccccc6n7CC)c5cc34)cc3ccccc3c21. The Kier molecular flexibility index (Phi) is 8.20. The van der Waals surface area contributed by atoms with Crippen LogP contribution in [0.5, 0.6) is 0 Å². The lowest BCUT2D eigenvalue weighted by atomic mass is 9.84. The third kappa shape index (κ3) is 5.26. The Morgan fingerprint density at radius 1 is 0.297 bits per heavy atom. The van der Waals surface area contributed by atoms with Crippen molar-refractivity contribution in [1.29, 1.82) is 0 Å². The molecule has 11 aromatic carbocycles. The zero-order chi connectivity index (χ0) is 42.5. The van der Waals surface area contributed by atoms with Crippen molar-refractivity contribution in [3.63, 3.8) is 0 Å². The number of nitrogens with zero attached hydrogens (tertiary/aromatic N) is 2. The molecule has 0 fully saturated rings. The second kappa shape index (κ2) is 14.3. The van der Waals surface area contributed by atoms with Gasteiger partial charge in [-0.05, 0) is 121 Å². The van der Waals surface area contributed by atoms with Gasteiger partial charge < -0.3 is 9.13 Å². The van der Waals surface area contributed by atoms with Crippen molar-refractivity contribution in [2.45, 2.75) is 26.9 Å². The Bertz CT molecular complexity index is 3800. The maximum Gasteiger partial charge on any atom is 0.0577 e. The Morgan fingerprint density at radius 2 is 0.703 bits per heavy atom. The van der Waals surface area contributed by atoms with Crippen molar-refractivity contribution in [1.82, 2.24) is 9.13 Å². The summed E-state index contributed by atoms with van der Waals surface area (Å²) in [4.78, 5) is 0. The van der Waals surface area contributed by atoms with Gasteiger partial charge in [0.15, 0.2) is 0 Å². The summed E-state index contributed by atoms with van der Waals surface area (Å²) in [6, 6.07) is 77.2. The Hall–Kier alpha value is -7.94. The molecule has 2 heterocycles. The molecular formula is C62H44N2. The second-order valence-corrected chi connectivity index (χ2v) is 17.3. The molecule has 302 valence electrons. The highest BCUT2D eigenvalue weighted by molar-refractivity contribution is 6.29. The number of rotatable bonds is 6. The van der Waals surface area contributed by atoms with E-state index in [0.717, 1.165) is 13.1 Å². The first-order valence-electron chi connectivity index (χ1n) is 22.7. The Labute approximate surface area is 371 Å². The van der Waals surface area contributed by atoms with E-state index in [1.165, 1.54) is 131 Å². The van der Waals surface area contributed by atoms with Crippen molar-refractivity contribution in [2.24, 2.45) is 0 Å². The fourth-order valence-electron chi connectivity index (χ4n) is 11.3. The fraction of sp³-hybridized carbons (Fsp3) is 0.0645. The van der Waals surface area contributed by atoms with Gasteiger partial charge in [-0.15, -0.1) is 0 Å². The molecule has 0 aliphatic heterocycles. The number of para-hydroxylation sites is 2. The van der Waals surface area contributed by atoms with Gasteiger partial charge in [0.2, 0.25) is 0 Å². The zero-order valence-corrected chi connectivity index (χ0v) is 35.9. The fourth-order valence-corrected chi connectivity index (χ4v) is 11.3. The van der Waals surface area contributed by atoms with Gasteiger partial charge >= 0.3 is 0 Å². The normalized spacial score (nSPS) is 12.0. The van der Waals surface area contributed by atoms with Gasteiger partial charge in [-0.25, -0.2) is 0 Å². The Balaban J connectivity index is 1.19. The average molecular weight is 817 g/mol. The van der Waals surface area contributed by atoms with E-state index in [9.17, 15) is 0 Å². The van der Waals surface area contributed by atoms with E-state index in [1.807, 2.05) is 0 Å². The smallest absolute Gasteiger partial charge is 0.0577 e. The van der Waals surface area contributed by atoms with Crippen LogP contribution in [0.15, 0.2) is 206 Å². The topological polar surface area (TPSA) is 9.86 Å². The van der Waals surface area contributed by atoms with E-state index >= 15 is 0 Å². The van der Waals surface area contributed by atoms with Crippen LogP contribution in [-0.4, -0.2) is 9.13 Å². The quantitative estimate of drug-likeness (QED) is 0.148. The largest absolute Gasteiger partial charge is 0.340 e. The van der Waals surface area contributed by atoms with Gasteiger partial charge in [0, 0.05) is 56.4 Å². The number of benzene rings is 11. The lowest BCUT2D eigenvalue weighted by Crippen LogP contribution is -1.95. The molecule has 0 spiro atoms. The van der Waals surface area contributed by atoms with E-state index in [1.54, 1.807) is 0 Å². The highest BCUT2D eigenvalue weighted by atomic mass is 15.0. The monoisotopic (exact) mass is 816 g/mol. The van der Waals surface area contributed by atoms with Crippen molar-refractivity contribution in [3.8, 4) is 44.5 Å². The summed E-state index contributed by atoms with van der Waals surface area (Å²) >= 11 is 0. The van der Waals surface area contributed by atoms with Gasteiger partial charge in [0.25, 0.3) is 0 Å². The van der Waals surface area contributed by atoms with Gasteiger partial charge in [0.1, 0.15) is 0 Å². The van der Waals surface area contributed by atoms with Crippen LogP contribution in [0.25, 0.3) is 131 Å². The van der Waals surface area contributed by atoms with E-state index in [0.29, 0.717) is 0 Å². The molecule has 0 unspecified atom stereocenters. The first-order chi connectivity index (χ1) is 31.7. The highest BCUT2D eigenvalue weighted by Gasteiger charge is 2.23. The predicted molar refractivity (Wildman–Crippen MR) is 276 cm³/mol. The van der Waals surface area contributed by atoms with Crippen LogP contribution in [0.1, 0.15) is 13.8 Å². The molecule has 0 saturated carbocycles. The van der Waals surface area contributed by atoms with Crippen LogP contribution in [0.2, 0.25) is 0 Å². The molecule has 2 nitrogen and oxygen atoms in total. The minimum absolute atomic E-state index is 0.888. The standard InChI is InChI=1S/C62H44N2/c1-3-63-56-30-14-12-24-50(56)59-54(36-42-20-8-10-22-44(42)61(59)63)46-26-16-28-48-52(46)38-53-47(27-17-29-49(53)58(48)41-34-32-40(33-35-41)39-18-6-5-7-19-39)55-37-43-21-9-11-23-45(43)62-60(55)51-25-13-15-31-57(51)64(62)4-2/h5-38H,3-4H2,1-2H3. The van der Waals surface area contributed by atoms with Gasteiger partial charge in [-0.2, -0.15) is 0 Å². The minimum atomic E-state index is 0.888. The third-order valence-electron chi connectivity index (χ3n) is 14.0. The molecule has 64 heavy (non-hydrogen) atoms. The van der Waals surface area contributed by atoms with Gasteiger partial charge in [-0.3, -0.25) is 0 Å². The second-order valence-electron chi connectivity index (χ2n) is 17.3. The van der Waals surface area contributed by atoms with Gasteiger partial charge in [-0.1, -0.05) is 176 Å². The van der Waals surface area contributed by atoms with Crippen molar-refractivity contribution in [3.05, 3.63) is 206 Å². The van der Waals surface area contributed by atoms with Crippen molar-refractivity contribution >= 4 is 86.7 Å². The molecule has 0 radical (unpaired) electrons. The molecule has 0 atom stereocenters. The first-order valence-corrected chi connectivity index (χ1v) is 22.7. The van der Waals surface area contributed by atoms with Crippen LogP contribution in [0.4, 0.5) is 0 Å². The van der Waals surface area contributed by atoms with Crippen LogP contribution in [-0.2, 0) is 13.1 Å². The molecule has 2 heteroatoms. The number of hydrogen-bond acceptors (Lipinski definition) is 0. The number of aryl methyl sites for hydroxylation is 2. The highest BCUT2D eigenvalue weighted by Crippen LogP contribution is 2.49. The maximum absolute atomic E-state index is 2.53. The summed E-state index contributed by atoms with van der Waals surface area (Å²) in [5.41, 5.74) is 15.1. The third-order valence-corrected chi connectivity index (χ3v) is 14.0. The molecule has 13 aromatic rings. The minimum Gasteiger partial charge on any atom is -0.340 e. The summed E-state index contributed by atoms with van der Waals surface area (Å²) in [5, 5.41) is 15.3. The number of hydrogen-bond donors (Lipinski definition) is 0. The molecule has 2 aromatic heterocycles. The Morgan fingerprint density at radius 3 is 1.20 bits per heavy atom. The van der Waals surface area contributed by atoms with E-state index in [4.69, 9.17) is 0 Å². The summed E-state index contributed by atoms with van der Waals surface area (Å²) in [6.45, 7) is 6.32. The average Bonchev–Trinajstić information content (AvgIpc) is 3.89. The molecule has 0 bridgehead atoms. The molecule has 0 aliphatic rings. The molecule has 0 amide bonds. The number of fused-ring (bicyclic) bond motifs is 12. The molecule has 0 saturated heterocycles. The summed E-state index contributed by atoms with van der Waals surface area (Å²) in [7, 11) is 0. The van der Waals surface area contributed by atoms with Crippen molar-refractivity contribution in [2.75, 3.05) is 0 Å². The summed E-state index contributed by atoms with van der Waals surface area (Å²) in [6.07, 6.45) is 0. The predicted octanol–water partition coefficient (Wildman–Crippen LogP) is 17.2. The molecule has 0 N–H and O–H groups in total. The van der Waals surface area contributed by atoms with Crippen LogP contribution >= 0.6 is 0 Å². The summed E-state index contributed by atoms with van der Waals surface area (Å²) in [5.74, 6) is 0. The van der Waals surface area contributed by atoms with Crippen LogP contribution in [0.3, 0.4) is 0 Å². The van der Waals surface area contributed by atoms with E-state index in [-0.39, 0.29) is 0 Å². The van der Waals surface area contributed by atoms with E-state index < -0.39 is 0 Å².